The largest absolute Gasteiger partial charge is 0.497 e. The summed E-state index contributed by atoms with van der Waals surface area (Å²) in [6.07, 6.45) is 1.57. The molecule has 4 rings (SSSR count). The van der Waals surface area contributed by atoms with Gasteiger partial charge in [0, 0.05) is 11.6 Å². The molecule has 28 heavy (non-hydrogen) atoms. The molecule has 2 aliphatic rings. The van der Waals surface area contributed by atoms with Gasteiger partial charge in [-0.05, 0) is 37.3 Å². The number of imide groups is 1. The molecule has 0 unspecified atom stereocenters. The van der Waals surface area contributed by atoms with Crippen LogP contribution in [0.2, 0.25) is 0 Å². The topological polar surface area (TPSA) is 77.1 Å². The number of amides is 2. The third-order valence-corrected chi connectivity index (χ3v) is 4.94. The van der Waals surface area contributed by atoms with Gasteiger partial charge in [-0.3, -0.25) is 19.9 Å². The van der Waals surface area contributed by atoms with Crippen LogP contribution >= 0.6 is 0 Å². The van der Waals surface area contributed by atoms with Gasteiger partial charge in [0.1, 0.15) is 11.5 Å². The van der Waals surface area contributed by atoms with Gasteiger partial charge in [0.2, 0.25) is 11.5 Å². The SMILES string of the molecule is COc1ccc(C2=C[C@@]3(CC(=O)N(c4ccc(C)cc4)C3=O)ON2)c(OC)c1. The van der Waals surface area contributed by atoms with Crippen molar-refractivity contribution in [2.24, 2.45) is 0 Å². The van der Waals surface area contributed by atoms with E-state index in [1.54, 1.807) is 50.6 Å². The number of ether oxygens (including phenoxy) is 2. The molecule has 144 valence electrons. The summed E-state index contributed by atoms with van der Waals surface area (Å²) < 4.78 is 10.6. The molecular weight excluding hydrogens is 360 g/mol. The average Bonchev–Trinajstić information content (AvgIpc) is 3.23. The minimum atomic E-state index is -1.37. The Kier molecular flexibility index (Phi) is 4.31. The van der Waals surface area contributed by atoms with Crippen LogP contribution in [0.25, 0.3) is 5.70 Å². The second-order valence-corrected chi connectivity index (χ2v) is 6.76. The van der Waals surface area contributed by atoms with Crippen molar-refractivity contribution in [3.05, 3.63) is 59.7 Å². The van der Waals surface area contributed by atoms with Crippen LogP contribution in [0.3, 0.4) is 0 Å². The number of rotatable bonds is 4. The molecule has 0 aromatic heterocycles. The number of carbonyl (C=O) groups excluding carboxylic acids is 2. The minimum Gasteiger partial charge on any atom is -0.497 e. The molecule has 0 saturated carbocycles. The normalized spacial score (nSPS) is 21.1. The van der Waals surface area contributed by atoms with Crippen molar-refractivity contribution in [3.8, 4) is 11.5 Å². The summed E-state index contributed by atoms with van der Waals surface area (Å²) in [6, 6.07) is 12.6. The summed E-state index contributed by atoms with van der Waals surface area (Å²) in [5.41, 5.74) is 4.26. The van der Waals surface area contributed by atoms with Gasteiger partial charge in [0.15, 0.2) is 0 Å². The van der Waals surface area contributed by atoms with Crippen molar-refractivity contribution in [1.29, 1.82) is 0 Å². The van der Waals surface area contributed by atoms with Crippen LogP contribution in [0.15, 0.2) is 48.5 Å². The fraction of sp³-hybridized carbons (Fsp3) is 0.238. The first kappa shape index (κ1) is 18.1. The number of hydrogen-bond acceptors (Lipinski definition) is 6. The Balaban J connectivity index is 1.69. The summed E-state index contributed by atoms with van der Waals surface area (Å²) in [6.45, 7) is 1.94. The minimum absolute atomic E-state index is 0.0747. The molecule has 2 aromatic rings. The summed E-state index contributed by atoms with van der Waals surface area (Å²) in [5, 5.41) is 0. The average molecular weight is 380 g/mol. The Bertz CT molecular complexity index is 983. The Morgan fingerprint density at radius 3 is 2.50 bits per heavy atom. The lowest BCUT2D eigenvalue weighted by Crippen LogP contribution is -2.40. The molecule has 7 heteroatoms. The van der Waals surface area contributed by atoms with E-state index < -0.39 is 11.5 Å². The van der Waals surface area contributed by atoms with E-state index in [9.17, 15) is 9.59 Å². The third-order valence-electron chi connectivity index (χ3n) is 4.94. The van der Waals surface area contributed by atoms with Crippen LogP contribution in [-0.2, 0) is 14.4 Å². The van der Waals surface area contributed by atoms with E-state index in [4.69, 9.17) is 14.3 Å². The van der Waals surface area contributed by atoms with E-state index in [0.717, 1.165) is 5.56 Å². The Labute approximate surface area is 162 Å². The van der Waals surface area contributed by atoms with Crippen LogP contribution < -0.4 is 19.9 Å². The molecule has 7 nitrogen and oxygen atoms in total. The van der Waals surface area contributed by atoms with Gasteiger partial charge in [-0.2, -0.15) is 0 Å². The summed E-state index contributed by atoms with van der Waals surface area (Å²) >= 11 is 0. The van der Waals surface area contributed by atoms with Crippen LogP contribution in [0.5, 0.6) is 11.5 Å². The first-order chi connectivity index (χ1) is 13.5. The molecule has 0 radical (unpaired) electrons. The summed E-state index contributed by atoms with van der Waals surface area (Å²) in [5.74, 6) is 0.476. The molecule has 1 spiro atoms. The van der Waals surface area contributed by atoms with Gasteiger partial charge >= 0.3 is 0 Å². The van der Waals surface area contributed by atoms with Gasteiger partial charge in [-0.25, -0.2) is 4.90 Å². The van der Waals surface area contributed by atoms with Gasteiger partial charge in [-0.1, -0.05) is 17.7 Å². The third kappa shape index (κ3) is 2.80. The predicted molar refractivity (Wildman–Crippen MR) is 103 cm³/mol. The number of hydrogen-bond donors (Lipinski definition) is 1. The van der Waals surface area contributed by atoms with E-state index in [2.05, 4.69) is 5.48 Å². The zero-order valence-corrected chi connectivity index (χ0v) is 15.8. The van der Waals surface area contributed by atoms with E-state index in [0.29, 0.717) is 28.4 Å². The molecule has 1 fully saturated rings. The number of benzene rings is 2. The molecule has 2 aromatic carbocycles. The Hall–Kier alpha value is -3.32. The zero-order valence-electron chi connectivity index (χ0n) is 15.8. The highest BCUT2D eigenvalue weighted by Crippen LogP contribution is 2.40. The number of nitrogens with one attached hydrogen (secondary N) is 1. The van der Waals surface area contributed by atoms with Crippen molar-refractivity contribution in [2.45, 2.75) is 18.9 Å². The first-order valence-electron chi connectivity index (χ1n) is 8.81. The Morgan fingerprint density at radius 1 is 1.07 bits per heavy atom. The fourth-order valence-electron chi connectivity index (χ4n) is 3.42. The van der Waals surface area contributed by atoms with E-state index in [1.165, 1.54) is 4.90 Å². The van der Waals surface area contributed by atoms with E-state index in [-0.39, 0.29) is 12.3 Å². The zero-order chi connectivity index (χ0) is 19.9. The Morgan fingerprint density at radius 2 is 1.82 bits per heavy atom. The van der Waals surface area contributed by atoms with E-state index in [1.807, 2.05) is 19.1 Å². The maximum Gasteiger partial charge on any atom is 0.273 e. The van der Waals surface area contributed by atoms with Gasteiger partial charge in [-0.15, -0.1) is 0 Å². The van der Waals surface area contributed by atoms with Crippen molar-refractivity contribution >= 4 is 23.2 Å². The van der Waals surface area contributed by atoms with Crippen LogP contribution in [-0.4, -0.2) is 31.6 Å². The van der Waals surface area contributed by atoms with Crippen molar-refractivity contribution in [2.75, 3.05) is 19.1 Å². The molecule has 2 amide bonds. The molecule has 2 aliphatic heterocycles. The highest BCUT2D eigenvalue weighted by atomic mass is 16.7. The lowest BCUT2D eigenvalue weighted by atomic mass is 9.99. The highest BCUT2D eigenvalue weighted by molar-refractivity contribution is 6.25. The van der Waals surface area contributed by atoms with E-state index >= 15 is 0 Å². The summed E-state index contributed by atoms with van der Waals surface area (Å²) in [7, 11) is 3.12. The van der Waals surface area contributed by atoms with Gasteiger partial charge in [0.25, 0.3) is 5.91 Å². The van der Waals surface area contributed by atoms with Gasteiger partial charge < -0.3 is 9.47 Å². The standard InChI is InChI=1S/C21H20N2O5/c1-13-4-6-14(7-5-13)23-19(24)12-21(20(23)25)11-17(22-28-21)16-9-8-15(26-2)10-18(16)27-3/h4-11,22H,12H2,1-3H3/t21-/m0/s1. The molecule has 2 heterocycles. The number of methoxy groups -OCH3 is 2. The number of hydroxylamine groups is 1. The fourth-order valence-corrected chi connectivity index (χ4v) is 3.42. The maximum absolute atomic E-state index is 13.1. The second kappa shape index (κ2) is 6.69. The highest BCUT2D eigenvalue weighted by Gasteiger charge is 2.55. The van der Waals surface area contributed by atoms with Crippen molar-refractivity contribution in [1.82, 2.24) is 5.48 Å². The van der Waals surface area contributed by atoms with Crippen LogP contribution in [0, 0.1) is 6.92 Å². The number of nitrogens with zero attached hydrogens (tertiary/aromatic N) is 1. The predicted octanol–water partition coefficient (Wildman–Crippen LogP) is 2.59. The number of carbonyl (C=O) groups is 2. The number of aryl methyl sites for hydroxylation is 1. The smallest absolute Gasteiger partial charge is 0.273 e. The van der Waals surface area contributed by atoms with Crippen molar-refractivity contribution < 1.29 is 23.9 Å². The molecule has 1 N–H and O–H groups in total. The number of anilines is 1. The molecule has 1 atom stereocenters. The maximum atomic E-state index is 13.1. The summed E-state index contributed by atoms with van der Waals surface area (Å²) in [4.78, 5) is 32.5. The van der Waals surface area contributed by atoms with Gasteiger partial charge in [0.05, 0.1) is 32.0 Å². The lowest BCUT2D eigenvalue weighted by Gasteiger charge is -2.18. The monoisotopic (exact) mass is 380 g/mol. The molecule has 0 aliphatic carbocycles. The molecular formula is C21H20N2O5. The molecule has 0 bridgehead atoms. The second-order valence-electron chi connectivity index (χ2n) is 6.76. The van der Waals surface area contributed by atoms with Crippen LogP contribution in [0.1, 0.15) is 17.5 Å². The lowest BCUT2D eigenvalue weighted by molar-refractivity contribution is -0.136. The van der Waals surface area contributed by atoms with Crippen LogP contribution in [0.4, 0.5) is 5.69 Å². The van der Waals surface area contributed by atoms with Crippen molar-refractivity contribution in [3.63, 3.8) is 0 Å². The molecule has 1 saturated heterocycles. The first-order valence-corrected chi connectivity index (χ1v) is 8.81. The quantitative estimate of drug-likeness (QED) is 0.822.